The topological polar surface area (TPSA) is 54.4 Å². The van der Waals surface area contributed by atoms with Crippen LogP contribution in [-0.4, -0.2) is 23.9 Å². The van der Waals surface area contributed by atoms with E-state index in [-0.39, 0.29) is 15.9 Å². The van der Waals surface area contributed by atoms with Gasteiger partial charge in [0.05, 0.1) is 4.90 Å². The van der Waals surface area contributed by atoms with Crippen LogP contribution in [-0.2, 0) is 10.1 Å². The molecule has 0 spiro atoms. The van der Waals surface area contributed by atoms with Crippen molar-refractivity contribution in [2.75, 3.05) is 0 Å². The summed E-state index contributed by atoms with van der Waals surface area (Å²) in [5.74, 6) is 0. The molecule has 14 heavy (non-hydrogen) atoms. The zero-order valence-electron chi connectivity index (χ0n) is 7.83. The van der Waals surface area contributed by atoms with E-state index in [9.17, 15) is 8.42 Å². The first kappa shape index (κ1) is 13.3. The molecule has 0 unspecified atom stereocenters. The minimum atomic E-state index is -4.07. The van der Waals surface area contributed by atoms with Gasteiger partial charge >= 0.3 is 0 Å². The summed E-state index contributed by atoms with van der Waals surface area (Å²) in [5, 5.41) is 0. The largest absolute Gasteiger partial charge is 0.294 e. The average molecular weight is 232 g/mol. The summed E-state index contributed by atoms with van der Waals surface area (Å²) in [4.78, 5) is -0.00407. The lowest BCUT2D eigenvalue weighted by molar-refractivity contribution is 0.482. The van der Waals surface area contributed by atoms with Gasteiger partial charge in [-0.3, -0.25) is 4.55 Å². The fourth-order valence-electron chi connectivity index (χ4n) is 1.21. The molecule has 0 fully saturated rings. The van der Waals surface area contributed by atoms with Crippen LogP contribution >= 0.6 is 0 Å². The maximum absolute atomic E-state index is 10.9. The summed E-state index contributed by atoms with van der Waals surface area (Å²) in [5.41, 5.74) is 2.53. The van der Waals surface area contributed by atoms with Gasteiger partial charge in [0, 0.05) is 0 Å². The molecular weight excluding hydrogens is 216 g/mol. The number of hydrogen-bond donors (Lipinski definition) is 1. The van der Waals surface area contributed by atoms with Gasteiger partial charge < -0.3 is 0 Å². The van der Waals surface area contributed by atoms with Gasteiger partial charge in [-0.15, -0.1) is 0 Å². The molecule has 0 saturated carbocycles. The molecule has 0 aliphatic heterocycles. The lowest BCUT2D eigenvalue weighted by Crippen LogP contribution is -2.02. The van der Waals surface area contributed by atoms with Gasteiger partial charge in [-0.2, -0.15) is 8.42 Å². The second-order valence-corrected chi connectivity index (χ2v) is 4.50. The lowest BCUT2D eigenvalue weighted by atomic mass is 10.1. The second kappa shape index (κ2) is 4.25. The SMILES string of the molecule is Cc1ccc(S(=O)(=O)O)c(C)c1C.[SiH4]. The van der Waals surface area contributed by atoms with Crippen molar-refractivity contribution in [2.24, 2.45) is 0 Å². The smallest absolute Gasteiger partial charge is 0.282 e. The summed E-state index contributed by atoms with van der Waals surface area (Å²) in [6.07, 6.45) is 0. The quantitative estimate of drug-likeness (QED) is 0.563. The molecule has 0 radical (unpaired) electrons. The number of hydrogen-bond acceptors (Lipinski definition) is 2. The molecule has 0 aliphatic rings. The van der Waals surface area contributed by atoms with Crippen LogP contribution in [0.2, 0.25) is 0 Å². The second-order valence-electron chi connectivity index (χ2n) is 3.11. The van der Waals surface area contributed by atoms with Crippen molar-refractivity contribution < 1.29 is 13.0 Å². The van der Waals surface area contributed by atoms with E-state index in [1.807, 2.05) is 13.8 Å². The van der Waals surface area contributed by atoms with Crippen LogP contribution in [0.25, 0.3) is 0 Å². The Kier molecular flexibility index (Phi) is 4.05. The first-order valence-electron chi connectivity index (χ1n) is 3.88. The number of benzene rings is 1. The third kappa shape index (κ3) is 2.43. The normalized spacial score (nSPS) is 10.9. The monoisotopic (exact) mass is 232 g/mol. The summed E-state index contributed by atoms with van der Waals surface area (Å²) in [7, 11) is -4.07. The molecule has 0 atom stereocenters. The highest BCUT2D eigenvalue weighted by atomic mass is 32.2. The Labute approximate surface area is 88.9 Å². The third-order valence-electron chi connectivity index (χ3n) is 2.29. The van der Waals surface area contributed by atoms with Crippen molar-refractivity contribution in [3.05, 3.63) is 28.8 Å². The molecule has 0 bridgehead atoms. The van der Waals surface area contributed by atoms with Gasteiger partial charge in [-0.05, 0) is 54.5 Å². The molecule has 0 aliphatic carbocycles. The minimum absolute atomic E-state index is 0. The minimum Gasteiger partial charge on any atom is -0.282 e. The van der Waals surface area contributed by atoms with Crippen LogP contribution in [0.5, 0.6) is 0 Å². The van der Waals surface area contributed by atoms with Crippen LogP contribution in [0, 0.1) is 20.8 Å². The van der Waals surface area contributed by atoms with Gasteiger partial charge in [-0.1, -0.05) is 6.07 Å². The predicted molar refractivity (Wildman–Crippen MR) is 61.8 cm³/mol. The average Bonchev–Trinajstić information content (AvgIpc) is 1.98. The summed E-state index contributed by atoms with van der Waals surface area (Å²) in [6.45, 7) is 5.42. The Bertz CT molecular complexity index is 438. The molecule has 5 heteroatoms. The molecule has 1 N–H and O–H groups in total. The van der Waals surface area contributed by atoms with Crippen LogP contribution in [0.15, 0.2) is 17.0 Å². The van der Waals surface area contributed by atoms with Gasteiger partial charge in [0.2, 0.25) is 0 Å². The molecule has 80 valence electrons. The highest BCUT2D eigenvalue weighted by Crippen LogP contribution is 2.20. The van der Waals surface area contributed by atoms with E-state index in [2.05, 4.69) is 0 Å². The summed E-state index contributed by atoms with van der Waals surface area (Å²) in [6, 6.07) is 3.11. The van der Waals surface area contributed by atoms with Crippen LogP contribution in [0.3, 0.4) is 0 Å². The van der Waals surface area contributed by atoms with E-state index < -0.39 is 10.1 Å². The fraction of sp³-hybridized carbons (Fsp3) is 0.333. The van der Waals surface area contributed by atoms with Gasteiger partial charge in [0.1, 0.15) is 0 Å². The van der Waals surface area contributed by atoms with E-state index in [4.69, 9.17) is 4.55 Å². The molecule has 0 saturated heterocycles. The van der Waals surface area contributed by atoms with E-state index in [0.29, 0.717) is 5.56 Å². The zero-order chi connectivity index (χ0) is 10.2. The van der Waals surface area contributed by atoms with Crippen LogP contribution in [0.1, 0.15) is 16.7 Å². The Morgan fingerprint density at radius 2 is 1.57 bits per heavy atom. The van der Waals surface area contributed by atoms with E-state index in [1.54, 1.807) is 13.0 Å². The molecule has 0 aromatic heterocycles. The zero-order valence-corrected chi connectivity index (χ0v) is 8.64. The van der Waals surface area contributed by atoms with Crippen LogP contribution in [0.4, 0.5) is 0 Å². The first-order chi connectivity index (χ1) is 5.84. The van der Waals surface area contributed by atoms with Crippen molar-refractivity contribution in [3.8, 4) is 0 Å². The molecule has 0 amide bonds. The summed E-state index contributed by atoms with van der Waals surface area (Å²) >= 11 is 0. The van der Waals surface area contributed by atoms with Crippen molar-refractivity contribution in [1.29, 1.82) is 0 Å². The molecule has 1 rings (SSSR count). The van der Waals surface area contributed by atoms with E-state index in [0.717, 1.165) is 11.1 Å². The van der Waals surface area contributed by atoms with Gasteiger partial charge in [-0.25, -0.2) is 0 Å². The Balaban J connectivity index is 0.00000169. The van der Waals surface area contributed by atoms with Crippen LogP contribution < -0.4 is 0 Å². The Morgan fingerprint density at radius 3 is 2.00 bits per heavy atom. The maximum atomic E-state index is 10.9. The van der Waals surface area contributed by atoms with Crippen molar-refractivity contribution in [3.63, 3.8) is 0 Å². The predicted octanol–water partition coefficient (Wildman–Crippen LogP) is 0.407. The van der Waals surface area contributed by atoms with Gasteiger partial charge in [0.15, 0.2) is 0 Å². The molecule has 1 aromatic carbocycles. The third-order valence-corrected chi connectivity index (χ3v) is 3.28. The highest BCUT2D eigenvalue weighted by molar-refractivity contribution is 7.85. The number of rotatable bonds is 1. The standard InChI is InChI=1S/C9H12O3S.H4Si/c1-6-4-5-9(13(10,11)12)8(3)7(6)2;/h4-5H,1-3H3,(H,10,11,12);1H4. The Morgan fingerprint density at radius 1 is 1.07 bits per heavy atom. The first-order valence-corrected chi connectivity index (χ1v) is 5.32. The van der Waals surface area contributed by atoms with Gasteiger partial charge in [0.25, 0.3) is 10.1 Å². The highest BCUT2D eigenvalue weighted by Gasteiger charge is 2.14. The van der Waals surface area contributed by atoms with E-state index >= 15 is 0 Å². The molecular formula is C9H16O3SSi. The molecule has 0 heterocycles. The summed E-state index contributed by atoms with van der Waals surface area (Å²) < 4.78 is 30.6. The fourth-order valence-corrected chi connectivity index (χ4v) is 1.99. The molecule has 1 aromatic rings. The maximum Gasteiger partial charge on any atom is 0.294 e. The van der Waals surface area contributed by atoms with Crippen molar-refractivity contribution >= 4 is 21.1 Å². The lowest BCUT2D eigenvalue weighted by Gasteiger charge is -2.07. The number of aryl methyl sites for hydroxylation is 1. The molecule has 3 nitrogen and oxygen atoms in total. The van der Waals surface area contributed by atoms with E-state index in [1.165, 1.54) is 6.07 Å². The van der Waals surface area contributed by atoms with Crippen molar-refractivity contribution in [1.82, 2.24) is 0 Å². The Hall–Kier alpha value is -0.653. The van der Waals surface area contributed by atoms with Crippen molar-refractivity contribution in [2.45, 2.75) is 25.7 Å².